The van der Waals surface area contributed by atoms with Gasteiger partial charge in [0.25, 0.3) is 0 Å². The summed E-state index contributed by atoms with van der Waals surface area (Å²) >= 11 is 1.20. The van der Waals surface area contributed by atoms with Crippen LogP contribution >= 0.6 is 11.3 Å². The van der Waals surface area contributed by atoms with Crippen LogP contribution in [0.3, 0.4) is 0 Å². The first kappa shape index (κ1) is 10.2. The molecule has 0 aliphatic rings. The quantitative estimate of drug-likeness (QED) is 0.568. The van der Waals surface area contributed by atoms with Crippen molar-refractivity contribution in [3.05, 3.63) is 32.4 Å². The summed E-state index contributed by atoms with van der Waals surface area (Å²) in [5.41, 5.74) is 2.25. The van der Waals surface area contributed by atoms with Crippen molar-refractivity contribution >= 4 is 11.3 Å². The maximum atomic E-state index is 10.8. The SMILES string of the molecule is CC(C)=CCNCc1csc(=O)[nH]1. The van der Waals surface area contributed by atoms with Crippen molar-refractivity contribution < 1.29 is 0 Å². The molecular weight excluding hydrogens is 184 g/mol. The molecule has 1 rings (SSSR count). The smallest absolute Gasteiger partial charge is 0.304 e. The summed E-state index contributed by atoms with van der Waals surface area (Å²) in [4.78, 5) is 13.5. The Balaban J connectivity index is 2.28. The van der Waals surface area contributed by atoms with E-state index in [4.69, 9.17) is 0 Å². The number of aromatic amines is 1. The zero-order valence-corrected chi connectivity index (χ0v) is 8.70. The average molecular weight is 198 g/mol. The summed E-state index contributed by atoms with van der Waals surface area (Å²) in [6, 6.07) is 0. The fourth-order valence-corrected chi connectivity index (χ4v) is 1.47. The molecule has 0 spiro atoms. The molecule has 0 aliphatic carbocycles. The Kier molecular flexibility index (Phi) is 3.92. The van der Waals surface area contributed by atoms with Crippen LogP contribution in [0.2, 0.25) is 0 Å². The van der Waals surface area contributed by atoms with Crippen molar-refractivity contribution in [2.75, 3.05) is 6.54 Å². The number of aromatic nitrogens is 1. The Morgan fingerprint density at radius 3 is 3.00 bits per heavy atom. The molecule has 0 fully saturated rings. The minimum Gasteiger partial charge on any atom is -0.315 e. The van der Waals surface area contributed by atoms with Gasteiger partial charge in [-0.15, -0.1) is 0 Å². The van der Waals surface area contributed by atoms with Crippen LogP contribution in [0.15, 0.2) is 21.8 Å². The number of rotatable bonds is 4. The maximum Gasteiger partial charge on any atom is 0.304 e. The molecule has 1 aromatic rings. The molecule has 13 heavy (non-hydrogen) atoms. The molecule has 0 aliphatic heterocycles. The standard InChI is InChI=1S/C9H14N2OS/c1-7(2)3-4-10-5-8-6-13-9(12)11-8/h3,6,10H,4-5H2,1-2H3,(H,11,12). The summed E-state index contributed by atoms with van der Waals surface area (Å²) in [5.74, 6) is 0. The highest BCUT2D eigenvalue weighted by atomic mass is 32.1. The van der Waals surface area contributed by atoms with Crippen molar-refractivity contribution in [2.45, 2.75) is 20.4 Å². The third kappa shape index (κ3) is 4.05. The Morgan fingerprint density at radius 2 is 2.46 bits per heavy atom. The van der Waals surface area contributed by atoms with Gasteiger partial charge in [0.2, 0.25) is 0 Å². The topological polar surface area (TPSA) is 44.9 Å². The Labute approximate surface area is 81.5 Å². The van der Waals surface area contributed by atoms with E-state index < -0.39 is 0 Å². The number of thiazole rings is 1. The summed E-state index contributed by atoms with van der Waals surface area (Å²) in [7, 11) is 0. The van der Waals surface area contributed by atoms with Crippen LogP contribution in [0.1, 0.15) is 19.5 Å². The van der Waals surface area contributed by atoms with E-state index in [2.05, 4.69) is 30.2 Å². The van der Waals surface area contributed by atoms with Crippen LogP contribution in [0, 0.1) is 0 Å². The molecule has 3 nitrogen and oxygen atoms in total. The molecular formula is C9H14N2OS. The lowest BCUT2D eigenvalue weighted by Gasteiger charge is -1.98. The van der Waals surface area contributed by atoms with Crippen molar-refractivity contribution in [1.82, 2.24) is 10.3 Å². The second-order valence-corrected chi connectivity index (χ2v) is 3.93. The van der Waals surface area contributed by atoms with Gasteiger partial charge in [-0.3, -0.25) is 4.79 Å². The van der Waals surface area contributed by atoms with E-state index in [1.807, 2.05) is 5.38 Å². The van der Waals surface area contributed by atoms with Crippen molar-refractivity contribution in [3.8, 4) is 0 Å². The van der Waals surface area contributed by atoms with Gasteiger partial charge in [-0.05, 0) is 13.8 Å². The van der Waals surface area contributed by atoms with Gasteiger partial charge in [-0.1, -0.05) is 23.0 Å². The predicted molar refractivity (Wildman–Crippen MR) is 56.1 cm³/mol. The molecule has 1 heterocycles. The number of nitrogens with one attached hydrogen (secondary N) is 2. The fourth-order valence-electron chi connectivity index (χ4n) is 0.884. The molecule has 2 N–H and O–H groups in total. The predicted octanol–water partition coefficient (Wildman–Crippen LogP) is 1.49. The molecule has 0 saturated heterocycles. The summed E-state index contributed by atoms with van der Waals surface area (Å²) < 4.78 is 0. The van der Waals surface area contributed by atoms with E-state index in [1.165, 1.54) is 16.9 Å². The van der Waals surface area contributed by atoms with E-state index >= 15 is 0 Å². The van der Waals surface area contributed by atoms with Crippen LogP contribution < -0.4 is 10.2 Å². The molecule has 4 heteroatoms. The van der Waals surface area contributed by atoms with E-state index in [9.17, 15) is 4.79 Å². The zero-order valence-electron chi connectivity index (χ0n) is 7.89. The van der Waals surface area contributed by atoms with Gasteiger partial charge >= 0.3 is 4.87 Å². The van der Waals surface area contributed by atoms with Gasteiger partial charge in [-0.2, -0.15) is 0 Å². The van der Waals surface area contributed by atoms with Gasteiger partial charge in [0.1, 0.15) is 0 Å². The summed E-state index contributed by atoms with van der Waals surface area (Å²) in [6.45, 7) is 5.70. The first-order valence-corrected chi connectivity index (χ1v) is 5.07. The monoisotopic (exact) mass is 198 g/mol. The summed E-state index contributed by atoms with van der Waals surface area (Å²) in [6.07, 6.45) is 2.12. The number of H-pyrrole nitrogens is 1. The lowest BCUT2D eigenvalue weighted by Crippen LogP contribution is -2.14. The Bertz CT molecular complexity index is 333. The van der Waals surface area contributed by atoms with Gasteiger partial charge in [-0.25, -0.2) is 0 Å². The highest BCUT2D eigenvalue weighted by Gasteiger charge is 1.93. The van der Waals surface area contributed by atoms with Crippen LogP contribution in [-0.4, -0.2) is 11.5 Å². The second kappa shape index (κ2) is 4.99. The average Bonchev–Trinajstić information content (AvgIpc) is 2.45. The van der Waals surface area contributed by atoms with Crippen molar-refractivity contribution in [1.29, 1.82) is 0 Å². The molecule has 1 aromatic heterocycles. The molecule has 0 amide bonds. The molecule has 0 bridgehead atoms. The third-order valence-corrected chi connectivity index (χ3v) is 2.26. The van der Waals surface area contributed by atoms with E-state index in [0.29, 0.717) is 0 Å². The lowest BCUT2D eigenvalue weighted by molar-refractivity contribution is 0.740. The van der Waals surface area contributed by atoms with Gasteiger partial charge in [0.15, 0.2) is 0 Å². The number of allylic oxidation sites excluding steroid dienone is 1. The normalized spacial score (nSPS) is 10.0. The number of hydrogen-bond acceptors (Lipinski definition) is 3. The second-order valence-electron chi connectivity index (χ2n) is 3.09. The molecule has 72 valence electrons. The van der Waals surface area contributed by atoms with E-state index in [0.717, 1.165) is 18.8 Å². The Hall–Kier alpha value is -0.870. The maximum absolute atomic E-state index is 10.8. The highest BCUT2D eigenvalue weighted by Crippen LogP contribution is 1.94. The van der Waals surface area contributed by atoms with Gasteiger partial charge in [0.05, 0.1) is 0 Å². The van der Waals surface area contributed by atoms with Gasteiger partial charge in [0, 0.05) is 24.2 Å². The van der Waals surface area contributed by atoms with E-state index in [1.54, 1.807) is 0 Å². The van der Waals surface area contributed by atoms with Crippen LogP contribution in [0.25, 0.3) is 0 Å². The molecule has 0 saturated carbocycles. The Morgan fingerprint density at radius 1 is 1.69 bits per heavy atom. The van der Waals surface area contributed by atoms with Crippen molar-refractivity contribution in [3.63, 3.8) is 0 Å². The largest absolute Gasteiger partial charge is 0.315 e. The first-order valence-electron chi connectivity index (χ1n) is 4.19. The van der Waals surface area contributed by atoms with Crippen LogP contribution in [-0.2, 0) is 6.54 Å². The fraction of sp³-hybridized carbons (Fsp3) is 0.444. The van der Waals surface area contributed by atoms with Crippen molar-refractivity contribution in [2.24, 2.45) is 0 Å². The molecule has 0 atom stereocenters. The third-order valence-electron chi connectivity index (χ3n) is 1.54. The van der Waals surface area contributed by atoms with E-state index in [-0.39, 0.29) is 4.87 Å². The lowest BCUT2D eigenvalue weighted by atomic mass is 10.3. The minimum atomic E-state index is 0.0130. The minimum absolute atomic E-state index is 0.0130. The first-order chi connectivity index (χ1) is 6.18. The molecule has 0 aromatic carbocycles. The van der Waals surface area contributed by atoms with Crippen LogP contribution in [0.5, 0.6) is 0 Å². The number of hydrogen-bond donors (Lipinski definition) is 2. The van der Waals surface area contributed by atoms with Crippen LogP contribution in [0.4, 0.5) is 0 Å². The highest BCUT2D eigenvalue weighted by molar-refractivity contribution is 7.07. The van der Waals surface area contributed by atoms with Gasteiger partial charge < -0.3 is 10.3 Å². The zero-order chi connectivity index (χ0) is 9.68. The summed E-state index contributed by atoms with van der Waals surface area (Å²) in [5, 5.41) is 5.05. The molecule has 0 radical (unpaired) electrons. The molecule has 0 unspecified atom stereocenters.